The largest absolute Gasteiger partial charge is 0.497 e. The van der Waals surface area contributed by atoms with E-state index in [4.69, 9.17) is 9.47 Å². The van der Waals surface area contributed by atoms with Crippen LogP contribution in [0.3, 0.4) is 0 Å². The van der Waals surface area contributed by atoms with Crippen molar-refractivity contribution in [1.82, 2.24) is 14.8 Å². The predicted molar refractivity (Wildman–Crippen MR) is 121 cm³/mol. The first kappa shape index (κ1) is 21.0. The quantitative estimate of drug-likeness (QED) is 0.484. The van der Waals surface area contributed by atoms with E-state index in [-0.39, 0.29) is 12.1 Å². The average Bonchev–Trinajstić information content (AvgIpc) is 2.82. The number of methoxy groups -OCH3 is 2. The Morgan fingerprint density at radius 3 is 2.56 bits per heavy atom. The van der Waals surface area contributed by atoms with Gasteiger partial charge in [-0.2, -0.15) is 5.10 Å². The number of hydrogen-bond donors (Lipinski definition) is 1. The Balaban J connectivity index is 1.66. The van der Waals surface area contributed by atoms with Crippen LogP contribution < -0.4 is 20.3 Å². The minimum atomic E-state index is -0.409. The SMILES string of the molecule is COc1ccc(OC)c(NC(=O)Cn2nc(Cc3cccnc3)c3ccccc3c2=O)c1. The van der Waals surface area contributed by atoms with Gasteiger partial charge >= 0.3 is 0 Å². The van der Waals surface area contributed by atoms with Crippen LogP contribution in [0.1, 0.15) is 11.3 Å². The molecule has 0 fully saturated rings. The molecular weight excluding hydrogens is 408 g/mol. The number of amides is 1. The minimum absolute atomic E-state index is 0.246. The zero-order valence-electron chi connectivity index (χ0n) is 17.7. The zero-order valence-corrected chi connectivity index (χ0v) is 17.7. The van der Waals surface area contributed by atoms with Crippen LogP contribution in [0.25, 0.3) is 10.8 Å². The summed E-state index contributed by atoms with van der Waals surface area (Å²) in [7, 11) is 3.05. The lowest BCUT2D eigenvalue weighted by molar-refractivity contribution is -0.117. The number of hydrogen-bond acceptors (Lipinski definition) is 6. The smallest absolute Gasteiger partial charge is 0.275 e. The highest BCUT2D eigenvalue weighted by Gasteiger charge is 2.15. The summed E-state index contributed by atoms with van der Waals surface area (Å²) in [5.41, 5.74) is 1.77. The van der Waals surface area contributed by atoms with Crippen molar-refractivity contribution in [3.8, 4) is 11.5 Å². The average molecular weight is 430 g/mol. The molecule has 0 saturated carbocycles. The van der Waals surface area contributed by atoms with Crippen molar-refractivity contribution in [2.45, 2.75) is 13.0 Å². The molecule has 2 aromatic heterocycles. The summed E-state index contributed by atoms with van der Waals surface area (Å²) in [4.78, 5) is 29.9. The third-order valence-electron chi connectivity index (χ3n) is 5.01. The van der Waals surface area contributed by atoms with Crippen LogP contribution >= 0.6 is 0 Å². The number of nitrogens with zero attached hydrogens (tertiary/aromatic N) is 3. The Hall–Kier alpha value is -4.20. The highest BCUT2D eigenvalue weighted by Crippen LogP contribution is 2.28. The van der Waals surface area contributed by atoms with Crippen LogP contribution in [-0.4, -0.2) is 34.9 Å². The molecule has 8 heteroatoms. The molecule has 4 rings (SSSR count). The number of carbonyl (C=O) groups excluding carboxylic acids is 1. The van der Waals surface area contributed by atoms with Crippen LogP contribution in [-0.2, 0) is 17.8 Å². The van der Waals surface area contributed by atoms with Crippen LogP contribution in [0.15, 0.2) is 71.8 Å². The molecule has 32 heavy (non-hydrogen) atoms. The van der Waals surface area contributed by atoms with Gasteiger partial charge in [0.1, 0.15) is 18.0 Å². The summed E-state index contributed by atoms with van der Waals surface area (Å²) in [5.74, 6) is 0.643. The van der Waals surface area contributed by atoms with Gasteiger partial charge < -0.3 is 14.8 Å². The lowest BCUT2D eigenvalue weighted by Gasteiger charge is -2.13. The Bertz CT molecular complexity index is 1320. The van der Waals surface area contributed by atoms with Crippen LogP contribution in [0.2, 0.25) is 0 Å². The molecular formula is C24H22N4O4. The summed E-state index contributed by atoms with van der Waals surface area (Å²) < 4.78 is 11.7. The van der Waals surface area contributed by atoms with E-state index in [0.29, 0.717) is 34.7 Å². The van der Waals surface area contributed by atoms with E-state index >= 15 is 0 Å². The van der Waals surface area contributed by atoms with Gasteiger partial charge in [0.15, 0.2) is 0 Å². The third kappa shape index (κ3) is 4.44. The summed E-state index contributed by atoms with van der Waals surface area (Å²) in [6.45, 7) is -0.246. The first-order valence-electron chi connectivity index (χ1n) is 9.98. The topological polar surface area (TPSA) is 95.3 Å². The molecule has 0 spiro atoms. The second-order valence-electron chi connectivity index (χ2n) is 7.11. The number of anilines is 1. The maximum Gasteiger partial charge on any atom is 0.275 e. The van der Waals surface area contributed by atoms with E-state index in [1.54, 1.807) is 42.7 Å². The normalized spacial score (nSPS) is 10.7. The number of aromatic nitrogens is 3. The molecule has 1 amide bonds. The van der Waals surface area contributed by atoms with Crippen molar-refractivity contribution < 1.29 is 14.3 Å². The van der Waals surface area contributed by atoms with Crippen molar-refractivity contribution in [3.63, 3.8) is 0 Å². The van der Waals surface area contributed by atoms with Gasteiger partial charge in [-0.15, -0.1) is 0 Å². The Morgan fingerprint density at radius 2 is 1.84 bits per heavy atom. The van der Waals surface area contributed by atoms with Gasteiger partial charge in [-0.1, -0.05) is 24.3 Å². The lowest BCUT2D eigenvalue weighted by atomic mass is 10.1. The van der Waals surface area contributed by atoms with Gasteiger partial charge in [-0.3, -0.25) is 14.6 Å². The zero-order chi connectivity index (χ0) is 22.5. The second-order valence-corrected chi connectivity index (χ2v) is 7.11. The number of fused-ring (bicyclic) bond motifs is 1. The maximum absolute atomic E-state index is 13.0. The van der Waals surface area contributed by atoms with E-state index in [1.165, 1.54) is 18.9 Å². The van der Waals surface area contributed by atoms with E-state index in [2.05, 4.69) is 15.4 Å². The molecule has 2 heterocycles. The number of carbonyl (C=O) groups is 1. The van der Waals surface area contributed by atoms with E-state index in [9.17, 15) is 9.59 Å². The Kier molecular flexibility index (Phi) is 6.12. The van der Waals surface area contributed by atoms with E-state index in [0.717, 1.165) is 10.9 Å². The molecule has 0 aliphatic rings. The van der Waals surface area contributed by atoms with Crippen molar-refractivity contribution in [1.29, 1.82) is 0 Å². The van der Waals surface area contributed by atoms with E-state index < -0.39 is 5.91 Å². The molecule has 0 unspecified atom stereocenters. The number of nitrogens with one attached hydrogen (secondary N) is 1. The van der Waals surface area contributed by atoms with Crippen molar-refractivity contribution in [2.75, 3.05) is 19.5 Å². The summed E-state index contributed by atoms with van der Waals surface area (Å²) >= 11 is 0. The Morgan fingerprint density at radius 1 is 1.03 bits per heavy atom. The van der Waals surface area contributed by atoms with E-state index in [1.807, 2.05) is 24.3 Å². The molecule has 0 aliphatic heterocycles. The van der Waals surface area contributed by atoms with Crippen LogP contribution in [0.5, 0.6) is 11.5 Å². The maximum atomic E-state index is 13.0. The molecule has 0 aliphatic carbocycles. The fraction of sp³-hybridized carbons (Fsp3) is 0.167. The standard InChI is InChI=1S/C24H22N4O4/c1-31-17-9-10-22(32-2)21(13-17)26-23(29)15-28-24(30)19-8-4-3-7-18(19)20(27-28)12-16-6-5-11-25-14-16/h3-11,13-14H,12,15H2,1-2H3,(H,26,29). The molecule has 162 valence electrons. The first-order valence-corrected chi connectivity index (χ1v) is 9.98. The molecule has 4 aromatic rings. The first-order chi connectivity index (χ1) is 15.6. The second kappa shape index (κ2) is 9.30. The molecule has 0 bridgehead atoms. The highest BCUT2D eigenvalue weighted by atomic mass is 16.5. The van der Waals surface area contributed by atoms with Gasteiger partial charge in [0.05, 0.1) is 31.0 Å². The predicted octanol–water partition coefficient (Wildman–Crippen LogP) is 3.04. The molecule has 0 atom stereocenters. The van der Waals surface area contributed by atoms with Gasteiger partial charge in [0, 0.05) is 30.3 Å². The summed E-state index contributed by atoms with van der Waals surface area (Å²) in [6, 6.07) is 16.1. The fourth-order valence-electron chi connectivity index (χ4n) is 3.48. The third-order valence-corrected chi connectivity index (χ3v) is 5.01. The monoisotopic (exact) mass is 430 g/mol. The van der Waals surface area contributed by atoms with Crippen LogP contribution in [0.4, 0.5) is 5.69 Å². The van der Waals surface area contributed by atoms with Crippen molar-refractivity contribution in [3.05, 3.63) is 88.6 Å². The van der Waals surface area contributed by atoms with Gasteiger partial charge in [-0.05, 0) is 29.8 Å². The molecule has 8 nitrogen and oxygen atoms in total. The van der Waals surface area contributed by atoms with Gasteiger partial charge in [-0.25, -0.2) is 4.68 Å². The number of benzene rings is 2. The molecule has 0 radical (unpaired) electrons. The van der Waals surface area contributed by atoms with Crippen molar-refractivity contribution >= 4 is 22.4 Å². The number of rotatable bonds is 7. The van der Waals surface area contributed by atoms with Gasteiger partial charge in [0.2, 0.25) is 5.91 Å². The summed E-state index contributed by atoms with van der Waals surface area (Å²) in [6.07, 6.45) is 3.95. The summed E-state index contributed by atoms with van der Waals surface area (Å²) in [5, 5.41) is 8.55. The number of ether oxygens (including phenoxy) is 2. The molecule has 2 aromatic carbocycles. The highest BCUT2D eigenvalue weighted by molar-refractivity contribution is 5.92. The van der Waals surface area contributed by atoms with Crippen molar-refractivity contribution in [2.24, 2.45) is 0 Å². The van der Waals surface area contributed by atoms with Crippen LogP contribution in [0, 0.1) is 0 Å². The molecule has 0 saturated heterocycles. The Labute approximate surface area is 184 Å². The fourth-order valence-corrected chi connectivity index (χ4v) is 3.48. The number of pyridine rings is 1. The van der Waals surface area contributed by atoms with Gasteiger partial charge in [0.25, 0.3) is 5.56 Å². The lowest BCUT2D eigenvalue weighted by Crippen LogP contribution is -2.30. The minimum Gasteiger partial charge on any atom is -0.497 e. The molecule has 1 N–H and O–H groups in total.